The zero-order valence-electron chi connectivity index (χ0n) is 11.3. The molecule has 4 nitrogen and oxygen atoms in total. The highest BCUT2D eigenvalue weighted by atomic mass is 16.7. The Morgan fingerprint density at radius 3 is 2.63 bits per heavy atom. The molecule has 2 saturated heterocycles. The van der Waals surface area contributed by atoms with Gasteiger partial charge >= 0.3 is 0 Å². The van der Waals surface area contributed by atoms with Crippen molar-refractivity contribution in [2.45, 2.75) is 31.2 Å². The molecule has 1 aromatic rings. The second kappa shape index (κ2) is 5.59. The van der Waals surface area contributed by atoms with Gasteiger partial charge in [-0.1, -0.05) is 30.3 Å². The highest BCUT2D eigenvalue weighted by Crippen LogP contribution is 2.33. The zero-order valence-corrected chi connectivity index (χ0v) is 11.3. The summed E-state index contributed by atoms with van der Waals surface area (Å²) in [6.45, 7) is 3.86. The Bertz CT molecular complexity index is 404. The maximum Gasteiger partial charge on any atom is 0.181 e. The van der Waals surface area contributed by atoms with Gasteiger partial charge in [0, 0.05) is 25.6 Å². The van der Waals surface area contributed by atoms with Crippen LogP contribution in [-0.4, -0.2) is 43.0 Å². The van der Waals surface area contributed by atoms with Crippen LogP contribution in [0.15, 0.2) is 30.3 Å². The Labute approximate surface area is 114 Å². The highest BCUT2D eigenvalue weighted by molar-refractivity contribution is 5.15. The predicted octanol–water partition coefficient (Wildman–Crippen LogP) is 1.35. The van der Waals surface area contributed by atoms with Crippen molar-refractivity contribution in [3.63, 3.8) is 0 Å². The number of nitrogens with zero attached hydrogens (tertiary/aromatic N) is 1. The van der Waals surface area contributed by atoms with Crippen LogP contribution in [0.5, 0.6) is 0 Å². The van der Waals surface area contributed by atoms with Crippen molar-refractivity contribution < 1.29 is 9.47 Å². The van der Waals surface area contributed by atoms with Gasteiger partial charge < -0.3 is 15.2 Å². The van der Waals surface area contributed by atoms with Gasteiger partial charge in [0.05, 0.1) is 19.8 Å². The summed E-state index contributed by atoms with van der Waals surface area (Å²) in [5, 5.41) is 0. The Balaban J connectivity index is 1.72. The molecule has 0 radical (unpaired) electrons. The van der Waals surface area contributed by atoms with Gasteiger partial charge in [0.25, 0.3) is 0 Å². The number of hydrogen-bond acceptors (Lipinski definition) is 4. The zero-order chi connectivity index (χ0) is 13.1. The molecule has 19 heavy (non-hydrogen) atoms. The SMILES string of the molecule is NCC1CCC2(CN1Cc1ccccc1)OCCO2. The second-order valence-electron chi connectivity index (χ2n) is 5.43. The van der Waals surface area contributed by atoms with E-state index >= 15 is 0 Å². The van der Waals surface area contributed by atoms with Gasteiger partial charge in [-0.05, 0) is 12.0 Å². The molecule has 4 heteroatoms. The van der Waals surface area contributed by atoms with E-state index in [1.165, 1.54) is 5.56 Å². The summed E-state index contributed by atoms with van der Waals surface area (Å²) in [4.78, 5) is 2.41. The number of nitrogens with two attached hydrogens (primary N) is 1. The van der Waals surface area contributed by atoms with Crippen LogP contribution < -0.4 is 5.73 Å². The third kappa shape index (κ3) is 2.82. The minimum atomic E-state index is -0.375. The molecule has 2 heterocycles. The number of hydrogen-bond donors (Lipinski definition) is 1. The highest BCUT2D eigenvalue weighted by Gasteiger charge is 2.43. The first-order valence-corrected chi connectivity index (χ1v) is 7.07. The van der Waals surface area contributed by atoms with Crippen molar-refractivity contribution in [3.8, 4) is 0 Å². The topological polar surface area (TPSA) is 47.7 Å². The molecule has 0 aliphatic carbocycles. The summed E-state index contributed by atoms with van der Waals surface area (Å²) < 4.78 is 11.7. The molecule has 2 aliphatic heterocycles. The van der Waals surface area contributed by atoms with E-state index in [1.54, 1.807) is 0 Å². The average molecular weight is 262 g/mol. The fourth-order valence-corrected chi connectivity index (χ4v) is 3.09. The van der Waals surface area contributed by atoms with Gasteiger partial charge in [0.2, 0.25) is 0 Å². The molecule has 2 fully saturated rings. The number of likely N-dealkylation sites (tertiary alicyclic amines) is 1. The van der Waals surface area contributed by atoms with Crippen molar-refractivity contribution in [1.82, 2.24) is 4.90 Å². The third-order valence-electron chi connectivity index (χ3n) is 4.13. The lowest BCUT2D eigenvalue weighted by molar-refractivity contribution is -0.198. The van der Waals surface area contributed by atoms with Gasteiger partial charge in [0.1, 0.15) is 0 Å². The maximum atomic E-state index is 5.91. The van der Waals surface area contributed by atoms with E-state index in [-0.39, 0.29) is 5.79 Å². The summed E-state index contributed by atoms with van der Waals surface area (Å²) in [5.41, 5.74) is 7.23. The molecule has 2 aliphatic rings. The van der Waals surface area contributed by atoms with E-state index in [4.69, 9.17) is 15.2 Å². The van der Waals surface area contributed by atoms with E-state index in [0.717, 1.165) is 25.9 Å². The standard InChI is InChI=1S/C15H22N2O2/c16-10-14-6-7-15(18-8-9-19-15)12-17(14)11-13-4-2-1-3-5-13/h1-5,14H,6-12,16H2. The van der Waals surface area contributed by atoms with E-state index in [1.807, 2.05) is 6.07 Å². The Morgan fingerprint density at radius 2 is 1.95 bits per heavy atom. The van der Waals surface area contributed by atoms with Crippen LogP contribution in [0.4, 0.5) is 0 Å². The molecule has 1 atom stereocenters. The maximum absolute atomic E-state index is 5.91. The van der Waals surface area contributed by atoms with Crippen molar-refractivity contribution in [1.29, 1.82) is 0 Å². The van der Waals surface area contributed by atoms with E-state index in [2.05, 4.69) is 29.2 Å². The lowest BCUT2D eigenvalue weighted by atomic mass is 9.96. The van der Waals surface area contributed by atoms with Crippen LogP contribution in [0.3, 0.4) is 0 Å². The summed E-state index contributed by atoms with van der Waals surface area (Å²) in [6, 6.07) is 10.9. The molecule has 3 rings (SSSR count). The minimum Gasteiger partial charge on any atom is -0.346 e. The lowest BCUT2D eigenvalue weighted by Gasteiger charge is -2.43. The fraction of sp³-hybridized carbons (Fsp3) is 0.600. The van der Waals surface area contributed by atoms with Crippen LogP contribution in [0.25, 0.3) is 0 Å². The van der Waals surface area contributed by atoms with Gasteiger partial charge in [-0.25, -0.2) is 0 Å². The van der Waals surface area contributed by atoms with E-state index < -0.39 is 0 Å². The monoisotopic (exact) mass is 262 g/mol. The van der Waals surface area contributed by atoms with Crippen LogP contribution in [0.2, 0.25) is 0 Å². The summed E-state index contributed by atoms with van der Waals surface area (Å²) in [7, 11) is 0. The van der Waals surface area contributed by atoms with Crippen LogP contribution >= 0.6 is 0 Å². The summed E-state index contributed by atoms with van der Waals surface area (Å²) in [6.07, 6.45) is 2.00. The van der Waals surface area contributed by atoms with Crippen LogP contribution in [-0.2, 0) is 16.0 Å². The lowest BCUT2D eigenvalue weighted by Crippen LogP contribution is -2.55. The molecular weight excluding hydrogens is 240 g/mol. The van der Waals surface area contributed by atoms with Gasteiger partial charge in [-0.15, -0.1) is 0 Å². The third-order valence-corrected chi connectivity index (χ3v) is 4.13. The number of piperidine rings is 1. The number of ether oxygens (including phenoxy) is 2. The molecule has 0 saturated carbocycles. The van der Waals surface area contributed by atoms with Crippen molar-refractivity contribution >= 4 is 0 Å². The molecule has 0 amide bonds. The molecule has 2 N–H and O–H groups in total. The van der Waals surface area contributed by atoms with Gasteiger partial charge in [0.15, 0.2) is 5.79 Å². The molecule has 1 aromatic carbocycles. The first kappa shape index (κ1) is 13.1. The van der Waals surface area contributed by atoms with Gasteiger partial charge in [-0.3, -0.25) is 4.90 Å². The molecule has 0 aromatic heterocycles. The summed E-state index contributed by atoms with van der Waals surface area (Å²) in [5.74, 6) is -0.375. The van der Waals surface area contributed by atoms with Crippen molar-refractivity contribution in [3.05, 3.63) is 35.9 Å². The molecule has 1 spiro atoms. The second-order valence-corrected chi connectivity index (χ2v) is 5.43. The normalized spacial score (nSPS) is 26.9. The smallest absolute Gasteiger partial charge is 0.181 e. The van der Waals surface area contributed by atoms with Crippen LogP contribution in [0, 0.1) is 0 Å². The molecule has 104 valence electrons. The van der Waals surface area contributed by atoms with Crippen molar-refractivity contribution in [2.75, 3.05) is 26.3 Å². The minimum absolute atomic E-state index is 0.375. The number of rotatable bonds is 3. The van der Waals surface area contributed by atoms with E-state index in [9.17, 15) is 0 Å². The van der Waals surface area contributed by atoms with Crippen LogP contribution in [0.1, 0.15) is 18.4 Å². The summed E-state index contributed by atoms with van der Waals surface area (Å²) >= 11 is 0. The Kier molecular flexibility index (Phi) is 3.84. The number of benzene rings is 1. The molecule has 0 bridgehead atoms. The van der Waals surface area contributed by atoms with Gasteiger partial charge in [-0.2, -0.15) is 0 Å². The average Bonchev–Trinajstić information content (AvgIpc) is 2.88. The Hall–Kier alpha value is -0.940. The quantitative estimate of drug-likeness (QED) is 0.893. The van der Waals surface area contributed by atoms with E-state index in [0.29, 0.717) is 25.8 Å². The Morgan fingerprint density at radius 1 is 1.21 bits per heavy atom. The molecule has 1 unspecified atom stereocenters. The van der Waals surface area contributed by atoms with Crippen molar-refractivity contribution in [2.24, 2.45) is 5.73 Å². The first-order valence-electron chi connectivity index (χ1n) is 7.07. The largest absolute Gasteiger partial charge is 0.346 e. The first-order chi connectivity index (χ1) is 9.31. The molecular formula is C15H22N2O2. The predicted molar refractivity (Wildman–Crippen MR) is 73.6 cm³/mol. The fourth-order valence-electron chi connectivity index (χ4n) is 3.09.